The van der Waals surface area contributed by atoms with Gasteiger partial charge in [0.25, 0.3) is 0 Å². The molecular weight excluding hydrogens is 323 g/mol. The lowest BCUT2D eigenvalue weighted by molar-refractivity contribution is -0.137. The molecule has 1 aromatic carbocycles. The Bertz CT molecular complexity index is 522. The maximum absolute atomic E-state index is 12.6. The van der Waals surface area contributed by atoms with Crippen molar-refractivity contribution in [2.75, 3.05) is 26.2 Å². The van der Waals surface area contributed by atoms with Crippen molar-refractivity contribution in [3.8, 4) is 5.75 Å². The SMILES string of the molecule is CC(O)C1CCCN(CC(O)COc2cccc(C(F)(F)F)c2)C1. The first kappa shape index (κ1) is 19.0. The third kappa shape index (κ3) is 5.65. The highest BCUT2D eigenvalue weighted by molar-refractivity contribution is 5.30. The van der Waals surface area contributed by atoms with Gasteiger partial charge in [0.15, 0.2) is 0 Å². The van der Waals surface area contributed by atoms with Crippen LogP contribution in [0.3, 0.4) is 0 Å². The predicted molar refractivity (Wildman–Crippen MR) is 83.8 cm³/mol. The predicted octanol–water partition coefficient (Wildman–Crippen LogP) is 2.54. The largest absolute Gasteiger partial charge is 0.491 e. The maximum Gasteiger partial charge on any atom is 0.416 e. The number of hydrogen-bond acceptors (Lipinski definition) is 4. The number of likely N-dealkylation sites (tertiary alicyclic amines) is 1. The fourth-order valence-corrected chi connectivity index (χ4v) is 2.96. The van der Waals surface area contributed by atoms with E-state index in [1.165, 1.54) is 12.1 Å². The highest BCUT2D eigenvalue weighted by Gasteiger charge is 2.30. The van der Waals surface area contributed by atoms with Crippen LogP contribution in [0.15, 0.2) is 24.3 Å². The van der Waals surface area contributed by atoms with Crippen LogP contribution in [0.25, 0.3) is 0 Å². The summed E-state index contributed by atoms with van der Waals surface area (Å²) in [5, 5.41) is 19.7. The van der Waals surface area contributed by atoms with Crippen molar-refractivity contribution in [1.29, 1.82) is 0 Å². The molecule has 0 bridgehead atoms. The molecule has 0 spiro atoms. The Morgan fingerprint density at radius 1 is 1.33 bits per heavy atom. The van der Waals surface area contributed by atoms with Crippen molar-refractivity contribution in [2.24, 2.45) is 5.92 Å². The van der Waals surface area contributed by atoms with Gasteiger partial charge in [-0.3, -0.25) is 0 Å². The number of β-amino-alcohol motifs (C(OH)–C–C–N with tert-alkyl or cyclic N) is 1. The molecule has 1 saturated heterocycles. The molecule has 0 saturated carbocycles. The lowest BCUT2D eigenvalue weighted by atomic mass is 9.93. The Hall–Kier alpha value is -1.31. The fourth-order valence-electron chi connectivity index (χ4n) is 2.96. The van der Waals surface area contributed by atoms with E-state index in [-0.39, 0.29) is 24.4 Å². The minimum absolute atomic E-state index is 0.0723. The molecule has 1 heterocycles. The number of hydrogen-bond donors (Lipinski definition) is 2. The standard InChI is InChI=1S/C17H24F3NO3/c1-12(22)13-4-3-7-21(9-13)10-15(23)11-24-16-6-2-5-14(8-16)17(18,19)20/h2,5-6,8,12-13,15,22-23H,3-4,7,9-11H2,1H3. The van der Waals surface area contributed by atoms with Crippen molar-refractivity contribution in [3.05, 3.63) is 29.8 Å². The van der Waals surface area contributed by atoms with Gasteiger partial charge in [-0.25, -0.2) is 0 Å². The van der Waals surface area contributed by atoms with Crippen LogP contribution in [0.5, 0.6) is 5.75 Å². The molecule has 2 N–H and O–H groups in total. The summed E-state index contributed by atoms with van der Waals surface area (Å²) in [6.07, 6.45) is -3.68. The molecule has 0 aromatic heterocycles. The van der Waals surface area contributed by atoms with E-state index in [0.717, 1.165) is 31.5 Å². The van der Waals surface area contributed by atoms with Gasteiger partial charge in [0.2, 0.25) is 0 Å². The molecule has 1 aliphatic heterocycles. The van der Waals surface area contributed by atoms with Gasteiger partial charge in [-0.05, 0) is 50.4 Å². The second kappa shape index (κ2) is 8.18. The van der Waals surface area contributed by atoms with Gasteiger partial charge in [0.1, 0.15) is 18.5 Å². The van der Waals surface area contributed by atoms with Gasteiger partial charge >= 0.3 is 6.18 Å². The van der Waals surface area contributed by atoms with Crippen LogP contribution in [0.4, 0.5) is 13.2 Å². The van der Waals surface area contributed by atoms with E-state index in [4.69, 9.17) is 4.74 Å². The zero-order chi connectivity index (χ0) is 17.7. The summed E-state index contributed by atoms with van der Waals surface area (Å²) < 4.78 is 43.2. The molecular formula is C17H24F3NO3. The second-order valence-corrected chi connectivity index (χ2v) is 6.39. The normalized spacial score (nSPS) is 22.2. The Kier molecular flexibility index (Phi) is 6.48. The average Bonchev–Trinajstić information content (AvgIpc) is 2.52. The summed E-state index contributed by atoms with van der Waals surface area (Å²) in [7, 11) is 0. The first-order valence-electron chi connectivity index (χ1n) is 8.14. The van der Waals surface area contributed by atoms with Gasteiger partial charge in [-0.15, -0.1) is 0 Å². The number of rotatable bonds is 6. The van der Waals surface area contributed by atoms with Gasteiger partial charge in [-0.1, -0.05) is 6.07 Å². The third-order valence-electron chi connectivity index (χ3n) is 4.30. The van der Waals surface area contributed by atoms with Gasteiger partial charge in [-0.2, -0.15) is 13.2 Å². The quantitative estimate of drug-likeness (QED) is 0.830. The highest BCUT2D eigenvalue weighted by Crippen LogP contribution is 2.31. The minimum Gasteiger partial charge on any atom is -0.491 e. The molecule has 4 nitrogen and oxygen atoms in total. The molecule has 136 valence electrons. The molecule has 0 aliphatic carbocycles. The summed E-state index contributed by atoms with van der Waals surface area (Å²) in [5.74, 6) is 0.278. The van der Waals surface area contributed by atoms with Gasteiger partial charge in [0, 0.05) is 13.1 Å². The number of benzene rings is 1. The van der Waals surface area contributed by atoms with E-state index in [0.29, 0.717) is 13.1 Å². The Balaban J connectivity index is 1.82. The van der Waals surface area contributed by atoms with E-state index < -0.39 is 17.8 Å². The van der Waals surface area contributed by atoms with Crippen molar-refractivity contribution < 1.29 is 28.1 Å². The Labute approximate surface area is 139 Å². The van der Waals surface area contributed by atoms with Crippen molar-refractivity contribution in [3.63, 3.8) is 0 Å². The zero-order valence-corrected chi connectivity index (χ0v) is 13.7. The van der Waals surface area contributed by atoms with E-state index >= 15 is 0 Å². The Morgan fingerprint density at radius 3 is 2.75 bits per heavy atom. The first-order valence-corrected chi connectivity index (χ1v) is 8.14. The van der Waals surface area contributed by atoms with Crippen LogP contribution < -0.4 is 4.74 Å². The molecule has 1 aromatic rings. The third-order valence-corrected chi connectivity index (χ3v) is 4.30. The molecule has 1 aliphatic rings. The van der Waals surface area contributed by atoms with Crippen molar-refractivity contribution in [1.82, 2.24) is 4.90 Å². The zero-order valence-electron chi connectivity index (χ0n) is 13.7. The molecule has 3 unspecified atom stereocenters. The molecule has 3 atom stereocenters. The molecule has 7 heteroatoms. The van der Waals surface area contributed by atoms with Crippen LogP contribution >= 0.6 is 0 Å². The summed E-state index contributed by atoms with van der Waals surface area (Å²) >= 11 is 0. The Morgan fingerprint density at radius 2 is 2.08 bits per heavy atom. The number of alkyl halides is 3. The molecule has 24 heavy (non-hydrogen) atoms. The molecule has 0 radical (unpaired) electrons. The number of halogens is 3. The van der Waals surface area contributed by atoms with Crippen molar-refractivity contribution in [2.45, 2.75) is 38.1 Å². The summed E-state index contributed by atoms with van der Waals surface area (Å²) in [6.45, 7) is 3.61. The summed E-state index contributed by atoms with van der Waals surface area (Å²) in [6, 6.07) is 4.62. The fraction of sp³-hybridized carbons (Fsp3) is 0.647. The van der Waals surface area contributed by atoms with E-state index in [2.05, 4.69) is 4.90 Å². The average molecular weight is 347 g/mol. The van der Waals surface area contributed by atoms with Crippen LogP contribution in [0.2, 0.25) is 0 Å². The second-order valence-electron chi connectivity index (χ2n) is 6.39. The van der Waals surface area contributed by atoms with Gasteiger partial charge in [0.05, 0.1) is 11.7 Å². The molecule has 1 fully saturated rings. The monoisotopic (exact) mass is 347 g/mol. The first-order chi connectivity index (χ1) is 11.3. The summed E-state index contributed by atoms with van der Waals surface area (Å²) in [4.78, 5) is 2.06. The van der Waals surface area contributed by atoms with E-state index in [1.54, 1.807) is 6.92 Å². The van der Waals surface area contributed by atoms with Crippen LogP contribution in [0.1, 0.15) is 25.3 Å². The number of aliphatic hydroxyl groups excluding tert-OH is 2. The van der Waals surface area contributed by atoms with Crippen LogP contribution in [-0.2, 0) is 6.18 Å². The van der Waals surface area contributed by atoms with Crippen LogP contribution in [-0.4, -0.2) is 53.6 Å². The van der Waals surface area contributed by atoms with Gasteiger partial charge < -0.3 is 19.8 Å². The van der Waals surface area contributed by atoms with E-state index in [1.807, 2.05) is 0 Å². The van der Waals surface area contributed by atoms with Crippen LogP contribution in [0, 0.1) is 5.92 Å². The lowest BCUT2D eigenvalue weighted by Crippen LogP contribution is -2.44. The number of aliphatic hydroxyl groups is 2. The smallest absolute Gasteiger partial charge is 0.416 e. The number of nitrogens with zero attached hydrogens (tertiary/aromatic N) is 1. The highest BCUT2D eigenvalue weighted by atomic mass is 19.4. The molecule has 2 rings (SSSR count). The number of piperidine rings is 1. The maximum atomic E-state index is 12.6. The minimum atomic E-state index is -4.41. The topological polar surface area (TPSA) is 52.9 Å². The molecule has 0 amide bonds. The summed E-state index contributed by atoms with van der Waals surface area (Å²) in [5.41, 5.74) is -0.773. The van der Waals surface area contributed by atoms with Crippen molar-refractivity contribution >= 4 is 0 Å². The van der Waals surface area contributed by atoms with E-state index in [9.17, 15) is 23.4 Å². The lowest BCUT2D eigenvalue weighted by Gasteiger charge is -2.35. The number of ether oxygens (including phenoxy) is 1.